The number of benzene rings is 2. The van der Waals surface area contributed by atoms with Crippen LogP contribution < -0.4 is 30.5 Å². The lowest BCUT2D eigenvalue weighted by atomic mass is 10.2. The van der Waals surface area contributed by atoms with Crippen molar-refractivity contribution in [1.29, 1.82) is 0 Å². The van der Waals surface area contributed by atoms with Crippen LogP contribution in [0.25, 0.3) is 0 Å². The van der Waals surface area contributed by atoms with Crippen molar-refractivity contribution in [3.8, 4) is 11.5 Å². The number of hydrogen-bond donors (Lipinski definition) is 1. The van der Waals surface area contributed by atoms with Crippen LogP contribution in [0.15, 0.2) is 58.1 Å². The zero-order valence-corrected chi connectivity index (χ0v) is 19.8. The van der Waals surface area contributed by atoms with E-state index in [4.69, 9.17) is 16.3 Å². The summed E-state index contributed by atoms with van der Waals surface area (Å²) in [5.41, 5.74) is -0.650. The second-order valence-electron chi connectivity index (χ2n) is 8.04. The van der Waals surface area contributed by atoms with E-state index >= 15 is 0 Å². The Balaban J connectivity index is 1.82. The molecule has 1 aromatic heterocycles. The number of nitrogens with zero attached hydrogens (tertiary/aromatic N) is 3. The lowest BCUT2D eigenvalue weighted by Gasteiger charge is -2.32. The molecule has 0 aliphatic carbocycles. The molecule has 4 rings (SSSR count). The van der Waals surface area contributed by atoms with Gasteiger partial charge in [0, 0.05) is 24.7 Å². The zero-order chi connectivity index (χ0) is 26.2. The van der Waals surface area contributed by atoms with Gasteiger partial charge < -0.3 is 14.4 Å². The number of aromatic nitrogens is 2. The van der Waals surface area contributed by atoms with Crippen LogP contribution in [0, 0.1) is 0 Å². The first-order chi connectivity index (χ1) is 16.9. The van der Waals surface area contributed by atoms with Crippen molar-refractivity contribution in [3.63, 3.8) is 0 Å². The number of nitrogens with one attached hydrogen (secondary N) is 1. The number of fused-ring (bicyclic) bond motifs is 1. The molecule has 0 saturated carbocycles. The fraction of sp³-hybridized carbons (Fsp3) is 0.261. The summed E-state index contributed by atoms with van der Waals surface area (Å²) in [6.07, 6.45) is -6.08. The maximum atomic E-state index is 12.9. The Morgan fingerprint density at radius 3 is 2.39 bits per heavy atom. The van der Waals surface area contributed by atoms with E-state index in [2.05, 4.69) is 9.72 Å². The molecule has 0 bridgehead atoms. The highest BCUT2D eigenvalue weighted by molar-refractivity contribution is 6.30. The minimum Gasteiger partial charge on any atom is -0.452 e. The number of H-pyrrole nitrogens is 1. The maximum absolute atomic E-state index is 12.9. The molecule has 1 unspecified atom stereocenters. The van der Waals surface area contributed by atoms with Crippen molar-refractivity contribution in [3.05, 3.63) is 80.0 Å². The number of ketones is 1. The molecule has 0 spiro atoms. The average molecular weight is 525 g/mol. The topological polar surface area (TPSA) is 96.9 Å². The quantitative estimate of drug-likeness (QED) is 0.506. The predicted molar refractivity (Wildman–Crippen MR) is 126 cm³/mol. The Bertz CT molecular complexity index is 1400. The molecule has 13 heteroatoms. The highest BCUT2D eigenvalue weighted by atomic mass is 35.5. The molecule has 36 heavy (non-hydrogen) atoms. The Labute approximate surface area is 207 Å². The minimum atomic E-state index is -4.91. The highest BCUT2D eigenvalue weighted by Crippen LogP contribution is 2.38. The smallest absolute Gasteiger partial charge is 0.452 e. The van der Waals surface area contributed by atoms with Crippen LogP contribution in [0.4, 0.5) is 24.7 Å². The van der Waals surface area contributed by atoms with Gasteiger partial charge in [0.05, 0.1) is 6.54 Å². The number of ether oxygens (including phenoxy) is 2. The van der Waals surface area contributed by atoms with E-state index in [0.717, 1.165) is 12.1 Å². The van der Waals surface area contributed by atoms with Crippen LogP contribution in [0.2, 0.25) is 5.02 Å². The number of aromatic amines is 1. The van der Waals surface area contributed by atoms with Gasteiger partial charge in [-0.05, 0) is 36.8 Å². The van der Waals surface area contributed by atoms with Gasteiger partial charge in [-0.3, -0.25) is 24.0 Å². The van der Waals surface area contributed by atoms with E-state index in [0.29, 0.717) is 10.6 Å². The number of carbonyl (C=O) groups is 1. The van der Waals surface area contributed by atoms with Crippen molar-refractivity contribution >= 4 is 28.9 Å². The summed E-state index contributed by atoms with van der Waals surface area (Å²) >= 11 is 5.98. The fourth-order valence-electron chi connectivity index (χ4n) is 3.90. The van der Waals surface area contributed by atoms with Crippen molar-refractivity contribution in [1.82, 2.24) is 9.55 Å². The van der Waals surface area contributed by atoms with Crippen LogP contribution >= 0.6 is 11.6 Å². The number of anilines is 2. The monoisotopic (exact) mass is 524 g/mol. The van der Waals surface area contributed by atoms with Gasteiger partial charge in [-0.15, -0.1) is 13.2 Å². The molecule has 0 fully saturated rings. The van der Waals surface area contributed by atoms with Crippen molar-refractivity contribution in [2.24, 2.45) is 7.05 Å². The zero-order valence-electron chi connectivity index (χ0n) is 19.0. The number of rotatable bonds is 7. The summed E-state index contributed by atoms with van der Waals surface area (Å²) in [4.78, 5) is 42.6. The van der Waals surface area contributed by atoms with Crippen LogP contribution in [0.3, 0.4) is 0 Å². The molecular formula is C23H20ClF3N4O5. The second kappa shape index (κ2) is 9.61. The summed E-state index contributed by atoms with van der Waals surface area (Å²) in [7, 11) is 1.42. The van der Waals surface area contributed by atoms with Gasteiger partial charge >= 0.3 is 12.1 Å². The van der Waals surface area contributed by atoms with Gasteiger partial charge in [-0.2, -0.15) is 0 Å². The molecule has 9 nitrogen and oxygen atoms in total. The van der Waals surface area contributed by atoms with Crippen LogP contribution in [-0.4, -0.2) is 34.6 Å². The molecule has 3 aromatic rings. The molecule has 0 saturated heterocycles. The van der Waals surface area contributed by atoms with E-state index in [1.807, 2.05) is 0 Å². The molecular weight excluding hydrogens is 505 g/mol. The lowest BCUT2D eigenvalue weighted by molar-refractivity contribution is -0.274. The summed E-state index contributed by atoms with van der Waals surface area (Å²) in [5.74, 6) is -0.709. The summed E-state index contributed by atoms with van der Waals surface area (Å²) in [6, 6.07) is 11.6. The number of carbonyl (C=O) groups excluding carboxylic acids is 1. The first-order valence-corrected chi connectivity index (χ1v) is 10.9. The van der Waals surface area contributed by atoms with Gasteiger partial charge in [-0.1, -0.05) is 29.8 Å². The number of hydrogen-bond acceptors (Lipinski definition) is 7. The van der Waals surface area contributed by atoms with Gasteiger partial charge in [0.1, 0.15) is 28.8 Å². The molecule has 1 aliphatic heterocycles. The highest BCUT2D eigenvalue weighted by Gasteiger charge is 2.42. The van der Waals surface area contributed by atoms with Gasteiger partial charge in [0.15, 0.2) is 0 Å². The van der Waals surface area contributed by atoms with E-state index in [9.17, 15) is 27.6 Å². The standard InChI is InChI=1S/C23H20ClF3N4O5/c1-13(32)11-31-20-18(19(33)28-21(34)29(20)2)30(12-14-6-8-15(24)9-7-14)22(31)35-16-4-3-5-17(10-16)36-23(25,26)27/h3-10,22H,11-12H2,1-2H3,(H,28,33,34). The second-order valence-corrected chi connectivity index (χ2v) is 8.48. The Morgan fingerprint density at radius 1 is 1.08 bits per heavy atom. The maximum Gasteiger partial charge on any atom is 0.573 e. The van der Waals surface area contributed by atoms with E-state index in [-0.39, 0.29) is 36.1 Å². The summed E-state index contributed by atoms with van der Waals surface area (Å²) in [6.45, 7) is 1.16. The van der Waals surface area contributed by atoms with Crippen LogP contribution in [0.5, 0.6) is 11.5 Å². The lowest BCUT2D eigenvalue weighted by Crippen LogP contribution is -2.49. The molecule has 1 N–H and O–H groups in total. The van der Waals surface area contributed by atoms with Gasteiger partial charge in [0.25, 0.3) is 11.9 Å². The first kappa shape index (κ1) is 25.2. The van der Waals surface area contributed by atoms with E-state index in [1.165, 1.54) is 40.5 Å². The number of alkyl halides is 3. The summed E-state index contributed by atoms with van der Waals surface area (Å²) in [5, 5.41) is 0.494. The molecule has 0 radical (unpaired) electrons. The molecule has 190 valence electrons. The average Bonchev–Trinajstić information content (AvgIpc) is 3.06. The third-order valence-electron chi connectivity index (χ3n) is 5.30. The van der Waals surface area contributed by atoms with Crippen molar-refractivity contribution < 1.29 is 27.4 Å². The number of halogens is 4. The van der Waals surface area contributed by atoms with Crippen LogP contribution in [0.1, 0.15) is 12.5 Å². The van der Waals surface area contributed by atoms with Gasteiger partial charge in [0.2, 0.25) is 0 Å². The van der Waals surface area contributed by atoms with Crippen molar-refractivity contribution in [2.75, 3.05) is 16.3 Å². The Morgan fingerprint density at radius 2 is 1.75 bits per heavy atom. The molecule has 1 atom stereocenters. The predicted octanol–water partition coefficient (Wildman–Crippen LogP) is 3.40. The summed E-state index contributed by atoms with van der Waals surface area (Å²) < 4.78 is 49.4. The third-order valence-corrected chi connectivity index (χ3v) is 5.55. The van der Waals surface area contributed by atoms with E-state index in [1.54, 1.807) is 24.3 Å². The van der Waals surface area contributed by atoms with E-state index < -0.39 is 29.7 Å². The largest absolute Gasteiger partial charge is 0.573 e. The fourth-order valence-corrected chi connectivity index (χ4v) is 4.02. The van der Waals surface area contributed by atoms with Gasteiger partial charge in [-0.25, -0.2) is 4.79 Å². The molecule has 1 aliphatic rings. The first-order valence-electron chi connectivity index (χ1n) is 10.6. The SMILES string of the molecule is CC(=O)CN1c2c(c(=O)[nH]c(=O)n2C)N(Cc2ccc(Cl)cc2)C1Oc1cccc(OC(F)(F)F)c1. The molecule has 2 aromatic carbocycles. The molecule has 0 amide bonds. The third kappa shape index (κ3) is 5.33. The molecule has 2 heterocycles. The number of Topliss-reactive ketones (excluding diaryl/α,β-unsaturated/α-hetero) is 1. The van der Waals surface area contributed by atoms with Crippen molar-refractivity contribution in [2.45, 2.75) is 26.2 Å². The Hall–Kier alpha value is -3.93. The van der Waals surface area contributed by atoms with Crippen LogP contribution in [-0.2, 0) is 18.4 Å². The minimum absolute atomic E-state index is 0.0226. The Kier molecular flexibility index (Phi) is 6.72. The normalized spacial score (nSPS) is 15.1.